The van der Waals surface area contributed by atoms with Gasteiger partial charge in [-0.2, -0.15) is 0 Å². The Bertz CT molecular complexity index is 2750. The third-order valence-electron chi connectivity index (χ3n) is 9.80. The van der Waals surface area contributed by atoms with Crippen molar-refractivity contribution >= 4 is 36.8 Å². The number of nitrogens with zero attached hydrogens (tertiary/aromatic N) is 4. The second-order valence-corrected chi connectivity index (χ2v) is 14.0. The first-order valence-electron chi connectivity index (χ1n) is 20.4. The van der Waals surface area contributed by atoms with Gasteiger partial charge in [0.2, 0.25) is 0 Å². The first-order chi connectivity index (χ1) is 32.9. The molecule has 4 aromatic carbocycles. The largest absolute Gasteiger partial charge is 1.00 e. The van der Waals surface area contributed by atoms with E-state index in [2.05, 4.69) is 19.9 Å². The molecule has 8 rings (SSSR count). The second kappa shape index (κ2) is 30.8. The normalized spacial score (nSPS) is 9.38. The third-order valence-corrected chi connectivity index (χ3v) is 9.80. The zero-order chi connectivity index (χ0) is 48.7. The molecule has 1 radical (unpaired) electrons. The number of carboxylic acids is 4. The third kappa shape index (κ3) is 16.6. The SMILES string of the molecule is CC.O=COc1ccc(-c2cc(-c3ccc(C(=O)O)cc3)nc(-c3ccc(C(=O)O)cn3)c2)cc1.O=COc1ccc(-c2cc(-c3ccc(C(=O)O)cc3)nc(-c3ccc(C(=O)O)cn3)c2)cc1.[CH3-].[CH3-].[Cl-].[Ir].[NH2-].[NH2-]. The maximum Gasteiger partial charge on any atom is 0.337 e. The van der Waals surface area contributed by atoms with Gasteiger partial charge >= 0.3 is 23.9 Å². The molecule has 0 unspecified atom stereocenters. The van der Waals surface area contributed by atoms with E-state index in [-0.39, 0.29) is 81.9 Å². The van der Waals surface area contributed by atoms with Crippen LogP contribution in [0.3, 0.4) is 0 Å². The fourth-order valence-corrected chi connectivity index (χ4v) is 6.43. The molecule has 0 aliphatic rings. The average molecular weight is 1200 g/mol. The van der Waals surface area contributed by atoms with Gasteiger partial charge in [0.25, 0.3) is 12.9 Å². The standard InChI is InChI=1S/2C25H16N2O6.C2H6.2CH3.ClH.Ir.2H2N/c2*28-14-33-20-8-5-15(6-9-20)19-11-22(16-1-3-17(4-2-16)24(29)30)27-23(12-19)21-10-7-18(13-26-21)25(31)32;1-2;;;;;;/h2*1-14H,(H,29,30)(H,31,32);1-2H3;2*1H3;1H;;2*1H2/q;;;2*-1;;;2*-1/p-1. The molecule has 0 aliphatic carbocycles. The van der Waals surface area contributed by atoms with Crippen LogP contribution in [0.2, 0.25) is 0 Å². The number of aromatic carboxylic acids is 4. The molecule has 4 heterocycles. The Labute approximate surface area is 446 Å². The molecule has 0 atom stereocenters. The number of halogens is 1. The summed E-state index contributed by atoms with van der Waals surface area (Å²) in [5.74, 6) is -3.40. The van der Waals surface area contributed by atoms with E-state index < -0.39 is 23.9 Å². The van der Waals surface area contributed by atoms with Crippen LogP contribution in [-0.2, 0) is 29.7 Å². The number of pyridine rings is 4. The minimum Gasteiger partial charge on any atom is -1.00 e. The van der Waals surface area contributed by atoms with Crippen LogP contribution in [0.15, 0.2) is 158 Å². The summed E-state index contributed by atoms with van der Waals surface area (Å²) in [5.41, 5.74) is 8.20. The molecular formula is C54H48ClIrN6O12-5. The Morgan fingerprint density at radius 1 is 0.392 bits per heavy atom. The van der Waals surface area contributed by atoms with Crippen LogP contribution in [0.25, 0.3) is 79.8 Å². The van der Waals surface area contributed by atoms with Crippen molar-refractivity contribution in [1.29, 1.82) is 0 Å². The van der Waals surface area contributed by atoms with Crippen molar-refractivity contribution in [2.45, 2.75) is 13.8 Å². The van der Waals surface area contributed by atoms with E-state index in [4.69, 9.17) is 29.9 Å². The van der Waals surface area contributed by atoms with Crippen molar-refractivity contribution in [3.8, 4) is 79.0 Å². The van der Waals surface area contributed by atoms with Gasteiger partial charge in [0.05, 0.1) is 56.4 Å². The Morgan fingerprint density at radius 3 is 0.919 bits per heavy atom. The monoisotopic (exact) mass is 1200 g/mol. The zero-order valence-corrected chi connectivity index (χ0v) is 43.0. The zero-order valence-electron chi connectivity index (χ0n) is 39.9. The fraction of sp³-hybridized carbons (Fsp3) is 0.0370. The number of aromatic nitrogens is 4. The molecule has 4 aromatic heterocycles. The molecule has 74 heavy (non-hydrogen) atoms. The Hall–Kier alpha value is -8.84. The van der Waals surface area contributed by atoms with E-state index in [1.807, 2.05) is 38.1 Å². The number of rotatable bonds is 14. The summed E-state index contributed by atoms with van der Waals surface area (Å²) in [6.45, 7) is 4.70. The first kappa shape index (κ1) is 65.2. The molecule has 0 saturated carbocycles. The Kier molecular flexibility index (Phi) is 27.1. The summed E-state index contributed by atoms with van der Waals surface area (Å²) in [7, 11) is 0. The van der Waals surface area contributed by atoms with Gasteiger partial charge in [-0.15, -0.1) is 0 Å². The van der Waals surface area contributed by atoms with Crippen molar-refractivity contribution < 1.29 is 91.2 Å². The van der Waals surface area contributed by atoms with E-state index in [1.165, 1.54) is 48.8 Å². The molecule has 0 bridgehead atoms. The van der Waals surface area contributed by atoms with Gasteiger partial charge in [0.1, 0.15) is 11.5 Å². The van der Waals surface area contributed by atoms with Crippen molar-refractivity contribution in [1.82, 2.24) is 19.9 Å². The van der Waals surface area contributed by atoms with Crippen LogP contribution in [0, 0.1) is 14.9 Å². The van der Waals surface area contributed by atoms with E-state index in [9.17, 15) is 28.8 Å². The molecule has 18 nitrogen and oxygen atoms in total. The molecule has 0 fully saturated rings. The molecule has 0 amide bonds. The van der Waals surface area contributed by atoms with Crippen molar-refractivity contribution in [3.05, 3.63) is 207 Å². The number of ether oxygens (including phenoxy) is 2. The van der Waals surface area contributed by atoms with Gasteiger partial charge in [-0.1, -0.05) is 62.4 Å². The van der Waals surface area contributed by atoms with Crippen molar-refractivity contribution in [2.75, 3.05) is 0 Å². The van der Waals surface area contributed by atoms with Gasteiger partial charge in [-0.3, -0.25) is 19.6 Å². The summed E-state index contributed by atoms with van der Waals surface area (Å²) in [6, 6.07) is 39.8. The average Bonchev–Trinajstić information content (AvgIpc) is 3.37. The number of carboxylic acid groups (broad SMARTS) is 4. The van der Waals surface area contributed by atoms with Crippen molar-refractivity contribution in [3.63, 3.8) is 0 Å². The Morgan fingerprint density at radius 2 is 0.662 bits per heavy atom. The quantitative estimate of drug-likeness (QED) is 0.0582. The second-order valence-electron chi connectivity index (χ2n) is 14.0. The number of carbonyl (C=O) groups excluding carboxylic acids is 2. The minimum absolute atomic E-state index is 0. The molecular weight excluding hydrogens is 1150 g/mol. The molecule has 0 aliphatic heterocycles. The Balaban J connectivity index is 0.00000129. The predicted octanol–water partition coefficient (Wildman–Crippen LogP) is 9.18. The van der Waals surface area contributed by atoms with Gasteiger partial charge in [0, 0.05) is 43.6 Å². The van der Waals surface area contributed by atoms with Crippen LogP contribution in [0.4, 0.5) is 0 Å². The van der Waals surface area contributed by atoms with Crippen LogP contribution < -0.4 is 21.9 Å². The van der Waals surface area contributed by atoms with E-state index in [0.29, 0.717) is 69.7 Å². The maximum atomic E-state index is 11.2. The molecule has 387 valence electrons. The van der Waals surface area contributed by atoms with Crippen LogP contribution in [-0.4, -0.2) is 77.2 Å². The number of benzene rings is 4. The number of carbonyl (C=O) groups is 6. The summed E-state index contributed by atoms with van der Waals surface area (Å²) in [4.78, 5) is 83.6. The summed E-state index contributed by atoms with van der Waals surface area (Å²) in [6.07, 6.45) is 2.53. The number of hydrogen-bond donors (Lipinski definition) is 4. The molecule has 20 heteroatoms. The molecule has 8 aromatic rings. The van der Waals surface area contributed by atoms with Crippen LogP contribution >= 0.6 is 0 Å². The van der Waals surface area contributed by atoms with E-state index in [1.54, 1.807) is 84.9 Å². The van der Waals surface area contributed by atoms with Gasteiger partial charge in [-0.05, 0) is 119 Å². The predicted molar refractivity (Wildman–Crippen MR) is 273 cm³/mol. The van der Waals surface area contributed by atoms with Crippen LogP contribution in [0.5, 0.6) is 11.5 Å². The summed E-state index contributed by atoms with van der Waals surface area (Å²) in [5, 5.41) is 36.6. The number of nitrogens with two attached hydrogens (primary N) is 2. The first-order valence-corrected chi connectivity index (χ1v) is 20.4. The smallest absolute Gasteiger partial charge is 0.337 e. The fourth-order valence-electron chi connectivity index (χ4n) is 6.43. The molecule has 0 saturated heterocycles. The molecule has 0 spiro atoms. The van der Waals surface area contributed by atoms with Gasteiger partial charge < -0.3 is 69.5 Å². The van der Waals surface area contributed by atoms with E-state index in [0.717, 1.165) is 22.3 Å². The van der Waals surface area contributed by atoms with Crippen LogP contribution in [0.1, 0.15) is 55.3 Å². The van der Waals surface area contributed by atoms with E-state index >= 15 is 0 Å². The minimum atomic E-state index is -1.08. The topological polar surface area (TPSA) is 320 Å². The maximum absolute atomic E-state index is 11.2. The summed E-state index contributed by atoms with van der Waals surface area (Å²) >= 11 is 0. The van der Waals surface area contributed by atoms with Crippen molar-refractivity contribution in [2.24, 2.45) is 0 Å². The van der Waals surface area contributed by atoms with Gasteiger partial charge in [0.15, 0.2) is 0 Å². The number of hydrogen-bond acceptors (Lipinski definition) is 12. The van der Waals surface area contributed by atoms with Gasteiger partial charge in [-0.25, -0.2) is 29.1 Å². The summed E-state index contributed by atoms with van der Waals surface area (Å²) < 4.78 is 9.69. The molecule has 8 N–H and O–H groups in total.